The van der Waals surface area contributed by atoms with E-state index in [4.69, 9.17) is 14.7 Å². The van der Waals surface area contributed by atoms with Crippen molar-refractivity contribution in [3.8, 4) is 11.7 Å². The van der Waals surface area contributed by atoms with Crippen LogP contribution in [0.2, 0.25) is 0 Å². The highest BCUT2D eigenvalue weighted by Crippen LogP contribution is 2.37. The normalized spacial score (nSPS) is 27.6. The predicted molar refractivity (Wildman–Crippen MR) is 70.2 cm³/mol. The predicted octanol–water partition coefficient (Wildman–Crippen LogP) is 3.00. The van der Waals surface area contributed by atoms with Gasteiger partial charge >= 0.3 is 0 Å². The van der Waals surface area contributed by atoms with Gasteiger partial charge in [-0.25, -0.2) is 0 Å². The monoisotopic (exact) mass is 261 g/mol. The summed E-state index contributed by atoms with van der Waals surface area (Å²) in [5.41, 5.74) is 5.99. The number of nitrogens with two attached hydrogens (primary N) is 1. The van der Waals surface area contributed by atoms with Crippen molar-refractivity contribution in [2.24, 2.45) is 11.7 Å². The van der Waals surface area contributed by atoms with Gasteiger partial charge < -0.3 is 14.7 Å². The second-order valence-corrected chi connectivity index (χ2v) is 5.69. The topological polar surface area (TPSA) is 78.1 Å². The number of hydrogen-bond acceptors (Lipinski definition) is 5. The van der Waals surface area contributed by atoms with E-state index in [2.05, 4.69) is 17.1 Å². The van der Waals surface area contributed by atoms with Crippen LogP contribution in [0.5, 0.6) is 0 Å². The molecule has 0 amide bonds. The molecule has 0 radical (unpaired) electrons. The Morgan fingerprint density at radius 1 is 1.42 bits per heavy atom. The fraction of sp³-hybridized carbons (Fsp3) is 0.571. The number of hydrogen-bond donors (Lipinski definition) is 1. The summed E-state index contributed by atoms with van der Waals surface area (Å²) in [6.07, 6.45) is 4.15. The Labute approximate surface area is 112 Å². The van der Waals surface area contributed by atoms with E-state index in [1.54, 1.807) is 0 Å². The van der Waals surface area contributed by atoms with Crippen molar-refractivity contribution in [3.05, 3.63) is 23.7 Å². The molecular formula is C14H19N3O2. The minimum atomic E-state index is -0.457. The first-order chi connectivity index (χ1) is 9.07. The number of aromatic nitrogens is 2. The average Bonchev–Trinajstić information content (AvgIpc) is 2.96. The molecule has 1 fully saturated rings. The van der Waals surface area contributed by atoms with Gasteiger partial charge in [0.25, 0.3) is 5.89 Å². The molecule has 1 saturated carbocycles. The molecule has 2 heterocycles. The van der Waals surface area contributed by atoms with E-state index in [0.29, 0.717) is 23.4 Å². The molecule has 102 valence electrons. The summed E-state index contributed by atoms with van der Waals surface area (Å²) >= 11 is 0. The number of rotatable bonds is 2. The first kappa shape index (κ1) is 12.4. The third-order valence-electron chi connectivity index (χ3n) is 3.86. The highest BCUT2D eigenvalue weighted by Gasteiger charge is 2.37. The second kappa shape index (κ2) is 4.49. The first-order valence-corrected chi connectivity index (χ1v) is 6.77. The third kappa shape index (κ3) is 2.30. The lowest BCUT2D eigenvalue weighted by Gasteiger charge is -2.33. The Bertz CT molecular complexity index is 575. The molecule has 2 aromatic heterocycles. The Balaban J connectivity index is 1.88. The van der Waals surface area contributed by atoms with Crippen molar-refractivity contribution in [1.82, 2.24) is 10.1 Å². The molecule has 0 spiro atoms. The van der Waals surface area contributed by atoms with Crippen LogP contribution in [0.1, 0.15) is 44.2 Å². The summed E-state index contributed by atoms with van der Waals surface area (Å²) in [5, 5.41) is 4.06. The second-order valence-electron chi connectivity index (χ2n) is 5.69. The fourth-order valence-electron chi connectivity index (χ4n) is 2.87. The van der Waals surface area contributed by atoms with Gasteiger partial charge in [-0.3, -0.25) is 0 Å². The molecule has 0 aliphatic heterocycles. The van der Waals surface area contributed by atoms with Crippen molar-refractivity contribution in [3.63, 3.8) is 0 Å². The maximum Gasteiger partial charge on any atom is 0.293 e. The molecule has 2 atom stereocenters. The zero-order valence-electron chi connectivity index (χ0n) is 11.3. The maximum absolute atomic E-state index is 6.45. The molecule has 5 nitrogen and oxygen atoms in total. The highest BCUT2D eigenvalue weighted by atomic mass is 16.5. The smallest absolute Gasteiger partial charge is 0.293 e. The molecule has 2 aromatic rings. The molecule has 5 heteroatoms. The molecule has 0 aromatic carbocycles. The standard InChI is InChI=1S/C14H19N3O2/c1-9-4-3-7-14(15,8-9)13-16-12(19-17-13)11-6-5-10(2)18-11/h5-6,9H,3-4,7-8,15H2,1-2H3. The van der Waals surface area contributed by atoms with E-state index < -0.39 is 5.54 Å². The van der Waals surface area contributed by atoms with Gasteiger partial charge in [-0.15, -0.1) is 0 Å². The van der Waals surface area contributed by atoms with Crippen molar-refractivity contribution in [1.29, 1.82) is 0 Å². The lowest BCUT2D eigenvalue weighted by atomic mass is 9.76. The third-order valence-corrected chi connectivity index (χ3v) is 3.86. The molecule has 0 bridgehead atoms. The van der Waals surface area contributed by atoms with Gasteiger partial charge in [-0.2, -0.15) is 4.98 Å². The van der Waals surface area contributed by atoms with Crippen LogP contribution in [-0.2, 0) is 5.54 Å². The van der Waals surface area contributed by atoms with Gasteiger partial charge in [-0.1, -0.05) is 24.9 Å². The lowest BCUT2D eigenvalue weighted by Crippen LogP contribution is -2.42. The Hall–Kier alpha value is -1.62. The highest BCUT2D eigenvalue weighted by molar-refractivity contribution is 5.44. The van der Waals surface area contributed by atoms with E-state index >= 15 is 0 Å². The van der Waals surface area contributed by atoms with Crippen LogP contribution in [0.15, 0.2) is 21.1 Å². The van der Waals surface area contributed by atoms with E-state index in [1.807, 2.05) is 19.1 Å². The zero-order chi connectivity index (χ0) is 13.5. The molecule has 19 heavy (non-hydrogen) atoms. The van der Waals surface area contributed by atoms with Crippen LogP contribution in [-0.4, -0.2) is 10.1 Å². The Kier molecular flexibility index (Phi) is 2.93. The van der Waals surface area contributed by atoms with Gasteiger partial charge in [0.05, 0.1) is 5.54 Å². The van der Waals surface area contributed by atoms with E-state index in [-0.39, 0.29) is 0 Å². The molecule has 2 N–H and O–H groups in total. The van der Waals surface area contributed by atoms with Crippen molar-refractivity contribution in [2.75, 3.05) is 0 Å². The molecule has 1 aliphatic rings. The summed E-state index contributed by atoms with van der Waals surface area (Å²) < 4.78 is 10.8. The zero-order valence-corrected chi connectivity index (χ0v) is 11.3. The summed E-state index contributed by atoms with van der Waals surface area (Å²) in [5.74, 6) is 3.04. The SMILES string of the molecule is Cc1ccc(-c2nc(C3(N)CCCC(C)C3)no2)o1. The van der Waals surface area contributed by atoms with Crippen LogP contribution in [0.3, 0.4) is 0 Å². The first-order valence-electron chi connectivity index (χ1n) is 6.77. The molecule has 0 saturated heterocycles. The minimum absolute atomic E-state index is 0.408. The van der Waals surface area contributed by atoms with Crippen LogP contribution >= 0.6 is 0 Å². The van der Waals surface area contributed by atoms with Crippen LogP contribution in [0, 0.1) is 12.8 Å². The van der Waals surface area contributed by atoms with E-state index in [1.165, 1.54) is 6.42 Å². The van der Waals surface area contributed by atoms with E-state index in [0.717, 1.165) is 25.0 Å². The Morgan fingerprint density at radius 2 is 2.26 bits per heavy atom. The van der Waals surface area contributed by atoms with Crippen molar-refractivity contribution < 1.29 is 8.94 Å². The molecular weight excluding hydrogens is 242 g/mol. The maximum atomic E-state index is 6.45. The van der Waals surface area contributed by atoms with Gasteiger partial charge in [0.1, 0.15) is 5.76 Å². The summed E-state index contributed by atoms with van der Waals surface area (Å²) in [7, 11) is 0. The van der Waals surface area contributed by atoms with Crippen LogP contribution in [0.4, 0.5) is 0 Å². The van der Waals surface area contributed by atoms with Crippen molar-refractivity contribution in [2.45, 2.75) is 45.1 Å². The molecule has 1 aliphatic carbocycles. The van der Waals surface area contributed by atoms with Gasteiger partial charge in [0.15, 0.2) is 11.6 Å². The summed E-state index contributed by atoms with van der Waals surface area (Å²) in [6, 6.07) is 3.71. The Morgan fingerprint density at radius 3 is 2.95 bits per heavy atom. The van der Waals surface area contributed by atoms with Crippen molar-refractivity contribution >= 4 is 0 Å². The summed E-state index contributed by atoms with van der Waals surface area (Å²) in [6.45, 7) is 4.10. The summed E-state index contributed by atoms with van der Waals surface area (Å²) in [4.78, 5) is 4.43. The molecule has 2 unspecified atom stereocenters. The van der Waals surface area contributed by atoms with Gasteiger partial charge in [0, 0.05) is 0 Å². The van der Waals surface area contributed by atoms with Gasteiger partial charge in [-0.05, 0) is 37.8 Å². The quantitative estimate of drug-likeness (QED) is 0.899. The lowest BCUT2D eigenvalue weighted by molar-refractivity contribution is 0.222. The molecule has 3 rings (SSSR count). The largest absolute Gasteiger partial charge is 0.456 e. The minimum Gasteiger partial charge on any atom is -0.456 e. The number of nitrogens with zero attached hydrogens (tertiary/aromatic N) is 2. The van der Waals surface area contributed by atoms with Crippen LogP contribution in [0.25, 0.3) is 11.7 Å². The van der Waals surface area contributed by atoms with E-state index in [9.17, 15) is 0 Å². The van der Waals surface area contributed by atoms with Crippen LogP contribution < -0.4 is 5.73 Å². The number of aryl methyl sites for hydroxylation is 1. The average molecular weight is 261 g/mol. The van der Waals surface area contributed by atoms with Gasteiger partial charge in [0.2, 0.25) is 0 Å². The fourth-order valence-corrected chi connectivity index (χ4v) is 2.87. The number of furan rings is 1.